The number of hydrogen-bond donors (Lipinski definition) is 1. The first kappa shape index (κ1) is 12.6. The number of carbonyl (C=O) groups is 2. The van der Waals surface area contributed by atoms with Gasteiger partial charge in [-0.15, -0.1) is 0 Å². The first-order chi connectivity index (χ1) is 7.45. The average Bonchev–Trinajstić information content (AvgIpc) is 2.22. The van der Waals surface area contributed by atoms with Gasteiger partial charge in [0.15, 0.2) is 0 Å². The van der Waals surface area contributed by atoms with Crippen LogP contribution >= 0.6 is 12.6 Å². The van der Waals surface area contributed by atoms with Gasteiger partial charge in [0, 0.05) is 0 Å². The molecule has 0 radical (unpaired) electrons. The maximum absolute atomic E-state index is 11.1. The third-order valence-electron chi connectivity index (χ3n) is 2.04. The van der Waals surface area contributed by atoms with E-state index < -0.39 is 11.9 Å². The minimum Gasteiger partial charge on any atom is -0.545 e. The highest BCUT2D eigenvalue weighted by atomic mass is 32.1. The highest BCUT2D eigenvalue weighted by Gasteiger charge is 2.10. The Labute approximate surface area is 98.6 Å². The Hall–Kier alpha value is -1.49. The number of thiol groups is 1. The molecule has 0 fully saturated rings. The molecular weight excluding hydrogens is 228 g/mol. The van der Waals surface area contributed by atoms with Gasteiger partial charge in [0.2, 0.25) is 0 Å². The zero-order valence-corrected chi connectivity index (χ0v) is 9.84. The number of benzene rings is 1. The first-order valence-electron chi connectivity index (χ1n) is 4.60. The van der Waals surface area contributed by atoms with Crippen molar-refractivity contribution in [3.63, 3.8) is 0 Å². The molecule has 4 nitrogen and oxygen atoms in total. The maximum atomic E-state index is 11.1. The molecule has 1 aromatic carbocycles. The fourth-order valence-electron chi connectivity index (χ4n) is 1.38. The molecule has 5 heteroatoms. The number of carboxylic acid groups (broad SMARTS) is 1. The number of aryl methyl sites for hydroxylation is 2. The third kappa shape index (κ3) is 2.76. The van der Waals surface area contributed by atoms with Crippen LogP contribution in [0.25, 0.3) is 0 Å². The molecule has 1 aromatic rings. The molecule has 0 bridgehead atoms. The van der Waals surface area contributed by atoms with Gasteiger partial charge in [0.25, 0.3) is 0 Å². The summed E-state index contributed by atoms with van der Waals surface area (Å²) in [4.78, 5) is 21.7. The summed E-state index contributed by atoms with van der Waals surface area (Å²) in [5.74, 6) is -1.38. The molecule has 0 spiro atoms. The van der Waals surface area contributed by atoms with Crippen LogP contribution in [0.5, 0.6) is 5.75 Å². The SMILES string of the molecule is Cc1cc(C(=O)[O-])cc(C)c1OC(=O)CS. The van der Waals surface area contributed by atoms with Crippen molar-refractivity contribution in [2.75, 3.05) is 5.75 Å². The van der Waals surface area contributed by atoms with Crippen molar-refractivity contribution >= 4 is 24.6 Å². The second-order valence-corrected chi connectivity index (χ2v) is 3.68. The summed E-state index contributed by atoms with van der Waals surface area (Å²) < 4.78 is 5.03. The Balaban J connectivity index is 3.12. The van der Waals surface area contributed by atoms with E-state index in [0.29, 0.717) is 16.9 Å². The van der Waals surface area contributed by atoms with Crippen LogP contribution < -0.4 is 9.84 Å². The summed E-state index contributed by atoms with van der Waals surface area (Å²) >= 11 is 3.79. The zero-order valence-electron chi connectivity index (χ0n) is 8.94. The van der Waals surface area contributed by atoms with E-state index in [1.807, 2.05) is 0 Å². The van der Waals surface area contributed by atoms with E-state index in [1.54, 1.807) is 13.8 Å². The molecule has 0 atom stereocenters. The third-order valence-corrected chi connectivity index (χ3v) is 2.30. The van der Waals surface area contributed by atoms with Crippen molar-refractivity contribution in [2.24, 2.45) is 0 Å². The first-order valence-corrected chi connectivity index (χ1v) is 5.23. The Kier molecular flexibility index (Phi) is 3.95. The number of esters is 1. The maximum Gasteiger partial charge on any atom is 0.321 e. The van der Waals surface area contributed by atoms with Crippen LogP contribution in [0.15, 0.2) is 12.1 Å². The average molecular weight is 239 g/mol. The highest BCUT2D eigenvalue weighted by molar-refractivity contribution is 7.81. The highest BCUT2D eigenvalue weighted by Crippen LogP contribution is 2.24. The van der Waals surface area contributed by atoms with Crippen LogP contribution in [0.2, 0.25) is 0 Å². The summed E-state index contributed by atoms with van der Waals surface area (Å²) in [7, 11) is 0. The van der Waals surface area contributed by atoms with Crippen molar-refractivity contribution in [1.29, 1.82) is 0 Å². The lowest BCUT2D eigenvalue weighted by molar-refractivity contribution is -0.255. The zero-order chi connectivity index (χ0) is 12.3. The standard InChI is InChI=1S/C11H12O4S/c1-6-3-8(11(13)14)4-7(2)10(6)15-9(12)5-16/h3-4,16H,5H2,1-2H3,(H,13,14)/p-1. The smallest absolute Gasteiger partial charge is 0.321 e. The summed E-state index contributed by atoms with van der Waals surface area (Å²) in [5.41, 5.74) is 1.23. The van der Waals surface area contributed by atoms with Gasteiger partial charge >= 0.3 is 5.97 Å². The molecule has 0 saturated heterocycles. The van der Waals surface area contributed by atoms with Gasteiger partial charge in [-0.2, -0.15) is 12.6 Å². The van der Waals surface area contributed by atoms with Gasteiger partial charge in [0.05, 0.1) is 11.7 Å². The van der Waals surface area contributed by atoms with E-state index in [1.165, 1.54) is 12.1 Å². The second kappa shape index (κ2) is 5.03. The van der Waals surface area contributed by atoms with Gasteiger partial charge in [-0.05, 0) is 42.7 Å². The molecule has 16 heavy (non-hydrogen) atoms. The summed E-state index contributed by atoms with van der Waals surface area (Å²) in [5, 5.41) is 10.7. The fraction of sp³-hybridized carbons (Fsp3) is 0.273. The van der Waals surface area contributed by atoms with Crippen LogP contribution in [0.3, 0.4) is 0 Å². The van der Waals surface area contributed by atoms with Gasteiger partial charge in [-0.1, -0.05) is 0 Å². The Morgan fingerprint density at radius 3 is 2.19 bits per heavy atom. The second-order valence-electron chi connectivity index (χ2n) is 3.36. The Morgan fingerprint density at radius 2 is 1.81 bits per heavy atom. The van der Waals surface area contributed by atoms with Crippen molar-refractivity contribution in [1.82, 2.24) is 0 Å². The normalized spacial score (nSPS) is 9.94. The molecule has 0 unspecified atom stereocenters. The van der Waals surface area contributed by atoms with E-state index in [0.717, 1.165) is 0 Å². The molecule has 0 saturated carbocycles. The number of carbonyl (C=O) groups excluding carboxylic acids is 2. The van der Waals surface area contributed by atoms with E-state index in [-0.39, 0.29) is 11.3 Å². The topological polar surface area (TPSA) is 66.4 Å². The quantitative estimate of drug-likeness (QED) is 0.474. The molecule has 0 N–H and O–H groups in total. The summed E-state index contributed by atoms with van der Waals surface area (Å²) in [6.45, 7) is 3.33. The summed E-state index contributed by atoms with van der Waals surface area (Å²) in [6.07, 6.45) is 0. The van der Waals surface area contributed by atoms with Crippen molar-refractivity contribution in [3.8, 4) is 5.75 Å². The van der Waals surface area contributed by atoms with Gasteiger partial charge in [-0.25, -0.2) is 0 Å². The van der Waals surface area contributed by atoms with Crippen LogP contribution in [0.1, 0.15) is 21.5 Å². The lowest BCUT2D eigenvalue weighted by atomic mass is 10.1. The predicted octanol–water partition coefficient (Wildman–Crippen LogP) is 0.502. The molecule has 0 aromatic heterocycles. The molecule has 1 rings (SSSR count). The minimum absolute atomic E-state index is 0.0267. The monoisotopic (exact) mass is 239 g/mol. The van der Waals surface area contributed by atoms with Gasteiger partial charge in [-0.3, -0.25) is 4.79 Å². The van der Waals surface area contributed by atoms with E-state index in [9.17, 15) is 14.7 Å². The number of carboxylic acids is 1. The van der Waals surface area contributed by atoms with Crippen molar-refractivity contribution in [2.45, 2.75) is 13.8 Å². The number of ether oxygens (including phenoxy) is 1. The van der Waals surface area contributed by atoms with Gasteiger partial charge in [0.1, 0.15) is 5.75 Å². The fourth-order valence-corrected chi connectivity index (χ4v) is 1.44. The Bertz CT molecular complexity index is 417. The molecule has 0 aliphatic rings. The van der Waals surface area contributed by atoms with Crippen molar-refractivity contribution in [3.05, 3.63) is 28.8 Å². The number of aromatic carboxylic acids is 1. The summed E-state index contributed by atoms with van der Waals surface area (Å²) in [6, 6.07) is 2.81. The van der Waals surface area contributed by atoms with Gasteiger partial charge < -0.3 is 14.6 Å². The van der Waals surface area contributed by atoms with Crippen LogP contribution in [0, 0.1) is 13.8 Å². The molecule has 0 heterocycles. The van der Waals surface area contributed by atoms with Crippen LogP contribution in [-0.4, -0.2) is 17.7 Å². The number of hydrogen-bond acceptors (Lipinski definition) is 5. The van der Waals surface area contributed by atoms with Crippen LogP contribution in [-0.2, 0) is 4.79 Å². The molecule has 0 amide bonds. The van der Waals surface area contributed by atoms with E-state index in [2.05, 4.69) is 12.6 Å². The van der Waals surface area contributed by atoms with E-state index in [4.69, 9.17) is 4.74 Å². The lowest BCUT2D eigenvalue weighted by Crippen LogP contribution is -2.22. The Morgan fingerprint density at radius 1 is 1.31 bits per heavy atom. The van der Waals surface area contributed by atoms with Crippen molar-refractivity contribution < 1.29 is 19.4 Å². The predicted molar refractivity (Wildman–Crippen MR) is 59.7 cm³/mol. The minimum atomic E-state index is -1.25. The largest absolute Gasteiger partial charge is 0.545 e. The molecule has 86 valence electrons. The molecule has 0 aliphatic carbocycles. The number of rotatable bonds is 3. The molecule has 0 aliphatic heterocycles. The van der Waals surface area contributed by atoms with E-state index >= 15 is 0 Å². The lowest BCUT2D eigenvalue weighted by Gasteiger charge is -2.12. The molecular formula is C11H11O4S-. The van der Waals surface area contributed by atoms with Crippen LogP contribution in [0.4, 0.5) is 0 Å².